The van der Waals surface area contributed by atoms with Crippen molar-refractivity contribution in [3.63, 3.8) is 0 Å². The third kappa shape index (κ3) is 4.94. The lowest BCUT2D eigenvalue weighted by molar-refractivity contribution is -0.108. The molecule has 4 N–H and O–H groups in total. The van der Waals surface area contributed by atoms with Gasteiger partial charge in [-0.2, -0.15) is 0 Å². The van der Waals surface area contributed by atoms with Crippen LogP contribution in [0.1, 0.15) is 44.9 Å². The Kier molecular flexibility index (Phi) is 6.88. The first kappa shape index (κ1) is 23.3. The maximum absolute atomic E-state index is 12.5. The minimum Gasteiger partial charge on any atom is -0.508 e. The van der Waals surface area contributed by atoms with Gasteiger partial charge < -0.3 is 39.5 Å². The standard InChI is InChI=1S/C23H29NO8/c1-12(2)24(13(3)4)23(29)31-11-30-21-10-16-18(27)8-15(25)9-20(16)32-22(21)14-5-6-17(26)19(28)7-14/h5-9,12-13,21-22,25-28H,10-11H2,1-4H3/t21-,22-/m1/s1. The summed E-state index contributed by atoms with van der Waals surface area (Å²) in [6, 6.07) is 6.71. The fourth-order valence-electron chi connectivity index (χ4n) is 3.86. The van der Waals surface area contributed by atoms with Crippen LogP contribution < -0.4 is 4.74 Å². The lowest BCUT2D eigenvalue weighted by Crippen LogP contribution is -2.43. The molecule has 1 heterocycles. The third-order valence-electron chi connectivity index (χ3n) is 5.28. The Labute approximate surface area is 186 Å². The number of rotatable bonds is 6. The first-order valence-corrected chi connectivity index (χ1v) is 10.4. The third-order valence-corrected chi connectivity index (χ3v) is 5.28. The highest BCUT2D eigenvalue weighted by atomic mass is 16.7. The number of amides is 1. The Morgan fingerprint density at radius 1 is 1.03 bits per heavy atom. The largest absolute Gasteiger partial charge is 0.508 e. The van der Waals surface area contributed by atoms with E-state index in [1.807, 2.05) is 27.7 Å². The van der Waals surface area contributed by atoms with Gasteiger partial charge in [-0.15, -0.1) is 0 Å². The van der Waals surface area contributed by atoms with Gasteiger partial charge in [0, 0.05) is 36.2 Å². The van der Waals surface area contributed by atoms with Crippen molar-refractivity contribution in [1.29, 1.82) is 0 Å². The Morgan fingerprint density at radius 2 is 1.72 bits per heavy atom. The van der Waals surface area contributed by atoms with Crippen molar-refractivity contribution in [3.05, 3.63) is 41.5 Å². The zero-order chi connectivity index (χ0) is 23.6. The molecule has 2 aromatic carbocycles. The highest BCUT2D eigenvalue weighted by Crippen LogP contribution is 2.43. The van der Waals surface area contributed by atoms with E-state index in [-0.39, 0.29) is 54.0 Å². The van der Waals surface area contributed by atoms with Crippen LogP contribution in [0.15, 0.2) is 30.3 Å². The summed E-state index contributed by atoms with van der Waals surface area (Å²) in [4.78, 5) is 14.0. The number of phenols is 4. The maximum atomic E-state index is 12.5. The van der Waals surface area contributed by atoms with Gasteiger partial charge in [-0.05, 0) is 45.4 Å². The van der Waals surface area contributed by atoms with E-state index in [0.29, 0.717) is 11.1 Å². The maximum Gasteiger partial charge on any atom is 0.412 e. The number of carbonyl (C=O) groups is 1. The number of fused-ring (bicyclic) bond motifs is 1. The van der Waals surface area contributed by atoms with Crippen LogP contribution in [0.25, 0.3) is 0 Å². The van der Waals surface area contributed by atoms with Crippen LogP contribution in [0.4, 0.5) is 4.79 Å². The molecule has 0 saturated carbocycles. The van der Waals surface area contributed by atoms with Crippen LogP contribution in [0.5, 0.6) is 28.7 Å². The zero-order valence-corrected chi connectivity index (χ0v) is 18.5. The summed E-state index contributed by atoms with van der Waals surface area (Å²) >= 11 is 0. The second-order valence-corrected chi connectivity index (χ2v) is 8.26. The van der Waals surface area contributed by atoms with Crippen molar-refractivity contribution in [2.75, 3.05) is 6.79 Å². The lowest BCUT2D eigenvalue weighted by Gasteiger charge is -2.34. The quantitative estimate of drug-likeness (QED) is 0.389. The number of aromatic hydroxyl groups is 4. The van der Waals surface area contributed by atoms with Crippen LogP contribution in [-0.4, -0.2) is 56.4 Å². The molecule has 9 heteroatoms. The van der Waals surface area contributed by atoms with Crippen molar-refractivity contribution in [2.45, 2.75) is 58.4 Å². The van der Waals surface area contributed by atoms with E-state index in [9.17, 15) is 25.2 Å². The minimum absolute atomic E-state index is 0.0512. The molecule has 2 atom stereocenters. The normalized spacial score (nSPS) is 17.7. The van der Waals surface area contributed by atoms with Crippen molar-refractivity contribution >= 4 is 6.09 Å². The number of hydrogen-bond donors (Lipinski definition) is 4. The van der Waals surface area contributed by atoms with E-state index in [2.05, 4.69) is 0 Å². The molecule has 9 nitrogen and oxygen atoms in total. The van der Waals surface area contributed by atoms with Crippen molar-refractivity contribution in [2.24, 2.45) is 0 Å². The van der Waals surface area contributed by atoms with Crippen LogP contribution in [0.3, 0.4) is 0 Å². The van der Waals surface area contributed by atoms with Crippen LogP contribution in [-0.2, 0) is 15.9 Å². The highest BCUT2D eigenvalue weighted by molar-refractivity contribution is 5.68. The Hall–Kier alpha value is -3.33. The van der Waals surface area contributed by atoms with Crippen molar-refractivity contribution in [1.82, 2.24) is 4.90 Å². The van der Waals surface area contributed by atoms with Gasteiger partial charge in [0.05, 0.1) is 0 Å². The molecular weight excluding hydrogens is 418 g/mol. The lowest BCUT2D eigenvalue weighted by atomic mass is 9.93. The number of ether oxygens (including phenoxy) is 3. The molecule has 0 fully saturated rings. The highest BCUT2D eigenvalue weighted by Gasteiger charge is 2.35. The molecular formula is C23H29NO8. The number of phenolic OH excluding ortho intramolecular Hbond substituents is 4. The Balaban J connectivity index is 1.82. The zero-order valence-electron chi connectivity index (χ0n) is 18.5. The minimum atomic E-state index is -0.764. The molecule has 3 rings (SSSR count). The van der Waals surface area contributed by atoms with Gasteiger partial charge in [-0.25, -0.2) is 4.79 Å². The predicted molar refractivity (Wildman–Crippen MR) is 115 cm³/mol. The summed E-state index contributed by atoms with van der Waals surface area (Å²) in [6.45, 7) is 7.20. The average Bonchev–Trinajstić information content (AvgIpc) is 2.69. The Bertz CT molecular complexity index is 967. The second kappa shape index (κ2) is 9.44. The Morgan fingerprint density at radius 3 is 2.34 bits per heavy atom. The van der Waals surface area contributed by atoms with Gasteiger partial charge >= 0.3 is 6.09 Å². The smallest absolute Gasteiger partial charge is 0.412 e. The first-order valence-electron chi connectivity index (χ1n) is 10.4. The molecule has 0 radical (unpaired) electrons. The summed E-state index contributed by atoms with van der Waals surface area (Å²) < 4.78 is 17.1. The van der Waals surface area contributed by atoms with Crippen LogP contribution in [0.2, 0.25) is 0 Å². The molecule has 0 bridgehead atoms. The van der Waals surface area contributed by atoms with E-state index >= 15 is 0 Å². The van der Waals surface area contributed by atoms with Crippen LogP contribution in [0, 0.1) is 0 Å². The number of nitrogens with zero attached hydrogens (tertiary/aromatic N) is 1. The molecule has 1 aliphatic heterocycles. The van der Waals surface area contributed by atoms with Gasteiger partial charge in [-0.3, -0.25) is 0 Å². The summed E-state index contributed by atoms with van der Waals surface area (Å²) in [5, 5.41) is 39.6. The first-order chi connectivity index (χ1) is 15.1. The monoisotopic (exact) mass is 447 g/mol. The molecule has 2 aromatic rings. The predicted octanol–water partition coefficient (Wildman–Crippen LogP) is 3.78. The summed E-state index contributed by atoms with van der Waals surface area (Å²) in [7, 11) is 0. The van der Waals surface area contributed by atoms with Crippen molar-refractivity contribution < 1.29 is 39.4 Å². The van der Waals surface area contributed by atoms with Gasteiger partial charge in [-0.1, -0.05) is 6.07 Å². The second-order valence-electron chi connectivity index (χ2n) is 8.26. The van der Waals surface area contributed by atoms with Gasteiger partial charge in [0.1, 0.15) is 23.4 Å². The topological polar surface area (TPSA) is 129 Å². The average molecular weight is 447 g/mol. The number of hydrogen-bond acceptors (Lipinski definition) is 8. The van der Waals surface area contributed by atoms with E-state index in [1.54, 1.807) is 11.0 Å². The number of carbonyl (C=O) groups excluding carboxylic acids is 1. The summed E-state index contributed by atoms with van der Waals surface area (Å²) in [5.74, 6) is -0.658. The molecule has 32 heavy (non-hydrogen) atoms. The summed E-state index contributed by atoms with van der Waals surface area (Å²) in [6.07, 6.45) is -1.77. The molecule has 0 aliphatic carbocycles. The molecule has 0 spiro atoms. The van der Waals surface area contributed by atoms with Crippen molar-refractivity contribution in [3.8, 4) is 28.7 Å². The summed E-state index contributed by atoms with van der Waals surface area (Å²) in [5.41, 5.74) is 0.931. The molecule has 1 amide bonds. The molecule has 0 saturated heterocycles. The molecule has 0 unspecified atom stereocenters. The number of benzene rings is 2. The van der Waals surface area contributed by atoms with Gasteiger partial charge in [0.15, 0.2) is 24.4 Å². The SMILES string of the molecule is CC(C)N(C(=O)OCO[C@@H]1Cc2c(O)cc(O)cc2O[C@@H]1c1ccc(O)c(O)c1)C(C)C. The molecule has 1 aliphatic rings. The van der Waals surface area contributed by atoms with Gasteiger partial charge in [0.2, 0.25) is 0 Å². The fourth-order valence-corrected chi connectivity index (χ4v) is 3.86. The molecule has 174 valence electrons. The van der Waals surface area contributed by atoms with E-state index in [4.69, 9.17) is 14.2 Å². The van der Waals surface area contributed by atoms with E-state index in [0.717, 1.165) is 0 Å². The molecule has 0 aromatic heterocycles. The fraction of sp³-hybridized carbons (Fsp3) is 0.435. The van der Waals surface area contributed by atoms with Gasteiger partial charge in [0.25, 0.3) is 0 Å². The van der Waals surface area contributed by atoms with E-state index in [1.165, 1.54) is 24.3 Å². The van der Waals surface area contributed by atoms with Crippen LogP contribution >= 0.6 is 0 Å². The van der Waals surface area contributed by atoms with E-state index < -0.39 is 18.3 Å².